The van der Waals surface area contributed by atoms with Crippen LogP contribution in [-0.4, -0.2) is 37.1 Å². The van der Waals surface area contributed by atoms with Crippen LogP contribution in [0.4, 0.5) is 5.82 Å². The van der Waals surface area contributed by atoms with Gasteiger partial charge in [-0.2, -0.15) is 13.4 Å². The van der Waals surface area contributed by atoms with Crippen LogP contribution in [0, 0.1) is 18.8 Å². The first kappa shape index (κ1) is 24.3. The van der Waals surface area contributed by atoms with Crippen LogP contribution in [-0.2, 0) is 10.0 Å². The Morgan fingerprint density at radius 3 is 2.51 bits per heavy atom. The van der Waals surface area contributed by atoms with Crippen molar-refractivity contribution in [3.63, 3.8) is 0 Å². The lowest BCUT2D eigenvalue weighted by molar-refractivity contribution is 0.322. The van der Waals surface area contributed by atoms with Gasteiger partial charge in [0.2, 0.25) is 5.75 Å². The van der Waals surface area contributed by atoms with E-state index >= 15 is 0 Å². The number of aryl methyl sites for hydroxylation is 1. The van der Waals surface area contributed by atoms with Crippen molar-refractivity contribution in [2.45, 2.75) is 44.1 Å². The molecule has 9 nitrogen and oxygen atoms in total. The number of nitrogens with zero attached hydrogens (tertiary/aromatic N) is 3. The predicted molar refractivity (Wildman–Crippen MR) is 130 cm³/mol. The summed E-state index contributed by atoms with van der Waals surface area (Å²) in [7, 11) is -2.56. The van der Waals surface area contributed by atoms with Crippen LogP contribution in [0.5, 0.6) is 23.1 Å². The molecule has 4 rings (SSSR count). The zero-order valence-corrected chi connectivity index (χ0v) is 20.6. The number of benzene rings is 1. The maximum Gasteiger partial charge on any atom is 0.280 e. The Labute approximate surface area is 204 Å². The van der Waals surface area contributed by atoms with Gasteiger partial charge in [-0.05, 0) is 43.5 Å². The summed E-state index contributed by atoms with van der Waals surface area (Å²) in [6.45, 7) is 3.82. The number of pyridine rings is 1. The van der Waals surface area contributed by atoms with Gasteiger partial charge in [0, 0.05) is 18.5 Å². The molecular weight excluding hydrogens is 468 g/mol. The lowest BCUT2D eigenvalue weighted by Gasteiger charge is -2.17. The number of nitrogens with one attached hydrogen (secondary N) is 1. The molecule has 1 aliphatic carbocycles. The molecule has 0 radical (unpaired) electrons. The molecule has 0 aliphatic heterocycles. The van der Waals surface area contributed by atoms with Gasteiger partial charge in [0.1, 0.15) is 5.82 Å². The zero-order chi connectivity index (χ0) is 24.8. The van der Waals surface area contributed by atoms with E-state index in [0.717, 1.165) is 18.4 Å². The van der Waals surface area contributed by atoms with E-state index in [4.69, 9.17) is 14.2 Å². The van der Waals surface area contributed by atoms with E-state index in [9.17, 15) is 8.42 Å². The number of sulfonamides is 1. The van der Waals surface area contributed by atoms with Crippen molar-refractivity contribution in [2.24, 2.45) is 0 Å². The monoisotopic (exact) mass is 494 g/mol. The Morgan fingerprint density at radius 2 is 1.86 bits per heavy atom. The van der Waals surface area contributed by atoms with Crippen LogP contribution in [0.2, 0.25) is 0 Å². The molecule has 1 aliphatic rings. The molecule has 1 N–H and O–H groups in total. The highest BCUT2D eigenvalue weighted by atomic mass is 32.2. The highest BCUT2D eigenvalue weighted by molar-refractivity contribution is 7.92. The SMILES string of the molecule is CCC#CCOc1nc(C2CC2)nc(NS(=O)(=O)c2ccc(C)cn2)c1Oc1ccccc1OC. The molecule has 0 unspecified atom stereocenters. The molecule has 0 atom stereocenters. The van der Waals surface area contributed by atoms with Gasteiger partial charge in [-0.1, -0.05) is 31.0 Å². The van der Waals surface area contributed by atoms with Crippen molar-refractivity contribution in [2.75, 3.05) is 18.4 Å². The van der Waals surface area contributed by atoms with Gasteiger partial charge >= 0.3 is 0 Å². The molecule has 0 amide bonds. The van der Waals surface area contributed by atoms with Crippen molar-refractivity contribution in [1.29, 1.82) is 0 Å². The summed E-state index contributed by atoms with van der Waals surface area (Å²) in [5, 5.41) is -0.144. The predicted octanol–water partition coefficient (Wildman–Crippen LogP) is 4.45. The number of aromatic nitrogens is 3. The molecule has 0 bridgehead atoms. The second-order valence-corrected chi connectivity index (χ2v) is 9.50. The van der Waals surface area contributed by atoms with Crippen molar-refractivity contribution < 1.29 is 22.6 Å². The summed E-state index contributed by atoms with van der Waals surface area (Å²) in [5.41, 5.74) is 0.839. The van der Waals surface area contributed by atoms with Crippen LogP contribution in [0.1, 0.15) is 43.5 Å². The molecule has 0 saturated heterocycles. The fourth-order valence-corrected chi connectivity index (χ4v) is 4.05. The lowest BCUT2D eigenvalue weighted by atomic mass is 10.3. The molecule has 35 heavy (non-hydrogen) atoms. The normalized spacial score (nSPS) is 12.9. The fourth-order valence-electron chi connectivity index (χ4n) is 3.12. The number of methoxy groups -OCH3 is 1. The third-order valence-corrected chi connectivity index (χ3v) is 6.30. The van der Waals surface area contributed by atoms with Gasteiger partial charge in [-0.3, -0.25) is 4.72 Å². The first-order valence-electron chi connectivity index (χ1n) is 11.2. The van der Waals surface area contributed by atoms with Crippen LogP contribution < -0.4 is 18.9 Å². The minimum absolute atomic E-state index is 0.00730. The van der Waals surface area contributed by atoms with Gasteiger partial charge in [0.15, 0.2) is 28.9 Å². The number of para-hydroxylation sites is 2. The summed E-state index contributed by atoms with van der Waals surface area (Å²) < 4.78 is 46.2. The third-order valence-electron chi connectivity index (χ3n) is 5.05. The molecule has 182 valence electrons. The first-order chi connectivity index (χ1) is 16.9. The Bertz CT molecular complexity index is 1360. The summed E-state index contributed by atoms with van der Waals surface area (Å²) in [5.74, 6) is 7.28. The van der Waals surface area contributed by atoms with Gasteiger partial charge < -0.3 is 14.2 Å². The molecule has 1 saturated carbocycles. The number of hydrogen-bond donors (Lipinski definition) is 1. The Hall–Kier alpha value is -3.84. The van der Waals surface area contributed by atoms with Gasteiger partial charge in [0.05, 0.1) is 7.11 Å². The maximum atomic E-state index is 13.2. The number of rotatable bonds is 9. The first-order valence-corrected chi connectivity index (χ1v) is 12.7. The van der Waals surface area contributed by atoms with E-state index in [0.29, 0.717) is 23.7 Å². The average molecular weight is 495 g/mol. The highest BCUT2D eigenvalue weighted by Crippen LogP contribution is 2.44. The van der Waals surface area contributed by atoms with E-state index in [2.05, 4.69) is 31.5 Å². The van der Waals surface area contributed by atoms with Crippen molar-refractivity contribution in [3.05, 3.63) is 54.0 Å². The number of anilines is 1. The second-order valence-electron chi connectivity index (χ2n) is 7.87. The average Bonchev–Trinajstić information content (AvgIpc) is 3.69. The van der Waals surface area contributed by atoms with Gasteiger partial charge in [-0.25, -0.2) is 9.97 Å². The van der Waals surface area contributed by atoms with E-state index in [1.54, 1.807) is 30.3 Å². The quantitative estimate of drug-likeness (QED) is 0.434. The van der Waals surface area contributed by atoms with E-state index < -0.39 is 10.0 Å². The Kier molecular flexibility index (Phi) is 7.36. The second kappa shape index (κ2) is 10.6. The fraction of sp³-hybridized carbons (Fsp3) is 0.320. The summed E-state index contributed by atoms with van der Waals surface area (Å²) in [6, 6.07) is 10.1. The van der Waals surface area contributed by atoms with Crippen molar-refractivity contribution in [1.82, 2.24) is 15.0 Å². The number of hydrogen-bond acceptors (Lipinski definition) is 8. The lowest BCUT2D eigenvalue weighted by Crippen LogP contribution is -2.17. The van der Waals surface area contributed by atoms with Crippen molar-refractivity contribution >= 4 is 15.8 Å². The van der Waals surface area contributed by atoms with E-state index in [1.807, 2.05) is 13.8 Å². The summed E-state index contributed by atoms with van der Waals surface area (Å²) >= 11 is 0. The van der Waals surface area contributed by atoms with E-state index in [1.165, 1.54) is 19.4 Å². The van der Waals surface area contributed by atoms with Gasteiger partial charge in [-0.15, -0.1) is 5.92 Å². The van der Waals surface area contributed by atoms with Gasteiger partial charge in [0.25, 0.3) is 15.9 Å². The molecule has 2 heterocycles. The summed E-state index contributed by atoms with van der Waals surface area (Å²) in [4.78, 5) is 13.1. The highest BCUT2D eigenvalue weighted by Gasteiger charge is 2.32. The zero-order valence-electron chi connectivity index (χ0n) is 19.7. The smallest absolute Gasteiger partial charge is 0.280 e. The Morgan fingerprint density at radius 1 is 1.09 bits per heavy atom. The summed E-state index contributed by atoms with van der Waals surface area (Å²) in [6.07, 6.45) is 3.98. The molecule has 10 heteroatoms. The molecular formula is C25H26N4O5S. The largest absolute Gasteiger partial charge is 0.493 e. The minimum Gasteiger partial charge on any atom is -0.493 e. The number of ether oxygens (including phenoxy) is 3. The molecule has 1 fully saturated rings. The maximum absolute atomic E-state index is 13.2. The molecule has 3 aromatic rings. The van der Waals surface area contributed by atoms with Crippen LogP contribution in [0.25, 0.3) is 0 Å². The van der Waals surface area contributed by atoms with Crippen LogP contribution >= 0.6 is 0 Å². The van der Waals surface area contributed by atoms with E-state index in [-0.39, 0.29) is 35.0 Å². The van der Waals surface area contributed by atoms with Crippen LogP contribution in [0.3, 0.4) is 0 Å². The topological polar surface area (TPSA) is 113 Å². The molecule has 2 aromatic heterocycles. The minimum atomic E-state index is -4.07. The molecule has 1 aromatic carbocycles. The standard InChI is InChI=1S/C25H26N4O5S/c1-4-5-8-15-33-25-22(34-20-10-7-6-9-19(20)32-3)24(27-23(28-25)18-12-13-18)29-35(30,31)21-14-11-17(2)16-26-21/h6-7,9-11,14,16,18H,4,12-13,15H2,1-3H3,(H,27,28,29). The molecule has 0 spiro atoms. The third kappa shape index (κ3) is 6.00. The van der Waals surface area contributed by atoms with Crippen LogP contribution in [0.15, 0.2) is 47.6 Å². The Balaban J connectivity index is 1.80. The van der Waals surface area contributed by atoms with Crippen molar-refractivity contribution in [3.8, 4) is 35.0 Å².